The van der Waals surface area contributed by atoms with Gasteiger partial charge < -0.3 is 14.6 Å². The molecule has 5 nitrogen and oxygen atoms in total. The molecule has 2 rings (SSSR count). The monoisotopic (exact) mass is 368 g/mol. The molecule has 1 aromatic heterocycles. The van der Waals surface area contributed by atoms with Gasteiger partial charge in [0.25, 0.3) is 5.91 Å². The minimum atomic E-state index is -0.284. The number of nitrogens with one attached hydrogen (secondary N) is 1. The molecule has 0 radical (unpaired) electrons. The van der Waals surface area contributed by atoms with Crippen LogP contribution in [0.3, 0.4) is 0 Å². The van der Waals surface area contributed by atoms with Gasteiger partial charge in [-0.1, -0.05) is 29.3 Å². The average molecular weight is 369 g/mol. The van der Waals surface area contributed by atoms with Gasteiger partial charge in [-0.25, -0.2) is 0 Å². The number of carbonyl (C=O) groups excluding carboxylic acids is 2. The number of benzene rings is 1. The van der Waals surface area contributed by atoms with Crippen LogP contribution in [0.15, 0.2) is 41.0 Å². The van der Waals surface area contributed by atoms with Crippen molar-refractivity contribution in [1.82, 2.24) is 10.2 Å². The summed E-state index contributed by atoms with van der Waals surface area (Å²) in [5, 5.41) is 3.80. The maximum Gasteiger partial charge on any atom is 0.286 e. The topological polar surface area (TPSA) is 62.6 Å². The summed E-state index contributed by atoms with van der Waals surface area (Å²) in [4.78, 5) is 25.4. The van der Waals surface area contributed by atoms with Crippen LogP contribution in [-0.2, 0) is 11.3 Å². The fourth-order valence-corrected chi connectivity index (χ4v) is 2.59. The van der Waals surface area contributed by atoms with E-state index in [0.29, 0.717) is 36.0 Å². The van der Waals surface area contributed by atoms with Crippen LogP contribution in [0, 0.1) is 0 Å². The molecule has 0 saturated heterocycles. The van der Waals surface area contributed by atoms with Gasteiger partial charge in [0.15, 0.2) is 5.76 Å². The summed E-state index contributed by atoms with van der Waals surface area (Å²) in [5.74, 6) is -0.0437. The normalized spacial score (nSPS) is 10.5. The van der Waals surface area contributed by atoms with Crippen molar-refractivity contribution in [2.75, 3.05) is 13.6 Å². The van der Waals surface area contributed by atoms with Gasteiger partial charge in [-0.3, -0.25) is 9.59 Å². The van der Waals surface area contributed by atoms with Crippen molar-refractivity contribution in [2.24, 2.45) is 0 Å². The first-order valence-electron chi connectivity index (χ1n) is 7.47. The van der Waals surface area contributed by atoms with E-state index in [1.54, 1.807) is 42.3 Å². The Morgan fingerprint density at radius 1 is 1.25 bits per heavy atom. The lowest BCUT2D eigenvalue weighted by Gasteiger charge is -2.18. The third-order valence-electron chi connectivity index (χ3n) is 3.45. The summed E-state index contributed by atoms with van der Waals surface area (Å²) >= 11 is 12.0. The molecule has 2 amide bonds. The van der Waals surface area contributed by atoms with Crippen molar-refractivity contribution in [2.45, 2.75) is 19.4 Å². The molecule has 0 bridgehead atoms. The van der Waals surface area contributed by atoms with Crippen molar-refractivity contribution >= 4 is 35.0 Å². The average Bonchev–Trinajstić information content (AvgIpc) is 3.08. The largest absolute Gasteiger partial charge is 0.459 e. The van der Waals surface area contributed by atoms with Crippen LogP contribution < -0.4 is 5.32 Å². The fraction of sp³-hybridized carbons (Fsp3) is 0.294. The lowest BCUT2D eigenvalue weighted by molar-refractivity contribution is -0.130. The molecular weight excluding hydrogens is 351 g/mol. The molecule has 0 fully saturated rings. The third kappa shape index (κ3) is 5.28. The highest BCUT2D eigenvalue weighted by Crippen LogP contribution is 2.22. The molecule has 0 saturated carbocycles. The second-order valence-electron chi connectivity index (χ2n) is 5.32. The van der Waals surface area contributed by atoms with Gasteiger partial charge in [-0.15, -0.1) is 0 Å². The molecule has 7 heteroatoms. The summed E-state index contributed by atoms with van der Waals surface area (Å²) < 4.78 is 4.99. The minimum absolute atomic E-state index is 0.0201. The second-order valence-corrected chi connectivity index (χ2v) is 6.17. The molecule has 0 aliphatic heterocycles. The number of furan rings is 1. The number of nitrogens with zero attached hydrogens (tertiary/aromatic N) is 1. The molecule has 1 heterocycles. The van der Waals surface area contributed by atoms with Crippen LogP contribution in [0.4, 0.5) is 0 Å². The molecule has 128 valence electrons. The van der Waals surface area contributed by atoms with E-state index in [4.69, 9.17) is 27.6 Å². The molecular formula is C17H18Cl2N2O3. The van der Waals surface area contributed by atoms with Crippen LogP contribution in [0.1, 0.15) is 29.0 Å². The van der Waals surface area contributed by atoms with Crippen LogP contribution in [0.5, 0.6) is 0 Å². The number of hydrogen-bond acceptors (Lipinski definition) is 3. The zero-order chi connectivity index (χ0) is 17.5. The predicted molar refractivity (Wildman–Crippen MR) is 93.2 cm³/mol. The minimum Gasteiger partial charge on any atom is -0.459 e. The van der Waals surface area contributed by atoms with Gasteiger partial charge in [0.05, 0.1) is 6.26 Å². The van der Waals surface area contributed by atoms with E-state index in [-0.39, 0.29) is 17.6 Å². The summed E-state index contributed by atoms with van der Waals surface area (Å²) in [7, 11) is 1.72. The van der Waals surface area contributed by atoms with Gasteiger partial charge in [0.2, 0.25) is 5.91 Å². The van der Waals surface area contributed by atoms with Crippen LogP contribution >= 0.6 is 23.2 Å². The molecule has 2 aromatic rings. The number of rotatable bonds is 7. The van der Waals surface area contributed by atoms with Gasteiger partial charge in [-0.05, 0) is 36.2 Å². The Balaban J connectivity index is 1.72. The van der Waals surface area contributed by atoms with E-state index in [2.05, 4.69) is 5.32 Å². The van der Waals surface area contributed by atoms with Gasteiger partial charge >= 0.3 is 0 Å². The SMILES string of the molecule is CN(Cc1ccc(Cl)cc1Cl)C(=O)CCCNC(=O)c1ccco1. The highest BCUT2D eigenvalue weighted by atomic mass is 35.5. The van der Waals surface area contributed by atoms with Crippen molar-refractivity contribution in [3.63, 3.8) is 0 Å². The molecule has 0 spiro atoms. The maximum absolute atomic E-state index is 12.1. The summed E-state index contributed by atoms with van der Waals surface area (Å²) in [6.45, 7) is 0.814. The van der Waals surface area contributed by atoms with Crippen LogP contribution in [0.2, 0.25) is 10.0 Å². The summed E-state index contributed by atoms with van der Waals surface area (Å²) in [6.07, 6.45) is 2.32. The quantitative estimate of drug-likeness (QED) is 0.756. The number of hydrogen-bond donors (Lipinski definition) is 1. The first-order valence-corrected chi connectivity index (χ1v) is 8.22. The summed E-state index contributed by atoms with van der Waals surface area (Å²) in [6, 6.07) is 8.43. The zero-order valence-corrected chi connectivity index (χ0v) is 14.7. The van der Waals surface area contributed by atoms with Crippen molar-refractivity contribution in [1.29, 1.82) is 0 Å². The van der Waals surface area contributed by atoms with Crippen LogP contribution in [0.25, 0.3) is 0 Å². The number of carbonyl (C=O) groups is 2. The Morgan fingerprint density at radius 3 is 2.71 bits per heavy atom. The smallest absolute Gasteiger partial charge is 0.286 e. The van der Waals surface area contributed by atoms with E-state index >= 15 is 0 Å². The van der Waals surface area contributed by atoms with E-state index in [1.807, 2.05) is 0 Å². The highest BCUT2D eigenvalue weighted by molar-refractivity contribution is 6.35. The number of amides is 2. The lowest BCUT2D eigenvalue weighted by Crippen LogP contribution is -2.28. The Labute approximate surface area is 150 Å². The van der Waals surface area contributed by atoms with Crippen molar-refractivity contribution < 1.29 is 14.0 Å². The molecule has 0 unspecified atom stereocenters. The first kappa shape index (κ1) is 18.4. The second kappa shape index (κ2) is 8.76. The number of halogens is 2. The Morgan fingerprint density at radius 2 is 2.04 bits per heavy atom. The van der Waals surface area contributed by atoms with Gasteiger partial charge in [-0.2, -0.15) is 0 Å². The Kier molecular flexibility index (Phi) is 6.70. The maximum atomic E-state index is 12.1. The van der Waals surface area contributed by atoms with Gasteiger partial charge in [0, 0.05) is 36.6 Å². The first-order chi connectivity index (χ1) is 11.5. The molecule has 0 atom stereocenters. The predicted octanol–water partition coefficient (Wildman–Crippen LogP) is 3.76. The Hall–Kier alpha value is -1.98. The van der Waals surface area contributed by atoms with Gasteiger partial charge in [0.1, 0.15) is 0 Å². The lowest BCUT2D eigenvalue weighted by atomic mass is 10.2. The highest BCUT2D eigenvalue weighted by Gasteiger charge is 2.12. The molecule has 0 aliphatic rings. The molecule has 24 heavy (non-hydrogen) atoms. The van der Waals surface area contributed by atoms with E-state index in [9.17, 15) is 9.59 Å². The fourth-order valence-electron chi connectivity index (χ4n) is 2.12. The van der Waals surface area contributed by atoms with E-state index in [0.717, 1.165) is 5.56 Å². The van der Waals surface area contributed by atoms with Crippen LogP contribution in [-0.4, -0.2) is 30.3 Å². The Bertz CT molecular complexity index is 702. The molecule has 0 aliphatic carbocycles. The zero-order valence-electron chi connectivity index (χ0n) is 13.2. The summed E-state index contributed by atoms with van der Waals surface area (Å²) in [5.41, 5.74) is 0.836. The van der Waals surface area contributed by atoms with E-state index < -0.39 is 0 Å². The van der Waals surface area contributed by atoms with Crippen molar-refractivity contribution in [3.8, 4) is 0 Å². The van der Waals surface area contributed by atoms with Crippen molar-refractivity contribution in [3.05, 3.63) is 58.0 Å². The standard InChI is InChI=1S/C17H18Cl2N2O3/c1-21(11-12-6-7-13(18)10-14(12)19)16(22)5-2-8-20-17(23)15-4-3-9-24-15/h3-4,6-7,9-10H,2,5,8,11H2,1H3,(H,20,23). The molecule has 1 aromatic carbocycles. The molecule has 1 N–H and O–H groups in total. The third-order valence-corrected chi connectivity index (χ3v) is 4.03. The van der Waals surface area contributed by atoms with E-state index in [1.165, 1.54) is 6.26 Å².